The number of nitrogen functional groups attached to an aromatic ring is 1. The van der Waals surface area contributed by atoms with E-state index in [2.05, 4.69) is 27.2 Å². The minimum Gasteiger partial charge on any atom is -0.445 e. The average molecular weight is 463 g/mol. The van der Waals surface area contributed by atoms with Crippen LogP contribution in [-0.2, 0) is 11.3 Å². The van der Waals surface area contributed by atoms with Crippen LogP contribution in [-0.4, -0.2) is 49.8 Å². The molecule has 2 aromatic carbocycles. The van der Waals surface area contributed by atoms with E-state index in [1.54, 1.807) is 0 Å². The highest BCUT2D eigenvalue weighted by Gasteiger charge is 2.46. The van der Waals surface area contributed by atoms with Gasteiger partial charge in [-0.15, -0.1) is 0 Å². The zero-order chi connectivity index (χ0) is 23.4. The molecule has 0 aromatic heterocycles. The first-order valence-corrected chi connectivity index (χ1v) is 12.9. The number of nitrogens with one attached hydrogen (secondary N) is 1. The molecule has 1 spiro atoms. The molecule has 3 fully saturated rings. The van der Waals surface area contributed by atoms with Gasteiger partial charge in [-0.3, -0.25) is 0 Å². The van der Waals surface area contributed by atoms with Crippen LogP contribution in [0.25, 0.3) is 0 Å². The molecule has 2 heterocycles. The Morgan fingerprint density at radius 3 is 2.32 bits per heavy atom. The van der Waals surface area contributed by atoms with Crippen LogP contribution >= 0.6 is 0 Å². The van der Waals surface area contributed by atoms with Crippen molar-refractivity contribution in [3.63, 3.8) is 0 Å². The van der Waals surface area contributed by atoms with Gasteiger partial charge in [-0.1, -0.05) is 30.3 Å². The number of likely N-dealkylation sites (tertiary alicyclic amines) is 1. The second-order valence-corrected chi connectivity index (χ2v) is 10.6. The molecule has 34 heavy (non-hydrogen) atoms. The van der Waals surface area contributed by atoms with E-state index in [1.807, 2.05) is 42.5 Å². The standard InChI is InChI=1S/C28H38N4O2/c29-24-6-8-26(9-7-24)32-14-10-22(11-15-32)20-31-16-12-28(13-17-31)18-25(19-28)30-27(33)34-21-23-4-2-1-3-5-23/h1-9,22,25H,10-21,29H2,(H,30,33). The van der Waals surface area contributed by atoms with E-state index in [0.717, 1.165) is 43.1 Å². The van der Waals surface area contributed by atoms with Gasteiger partial charge in [0.1, 0.15) is 6.61 Å². The molecular formula is C28H38N4O2. The molecule has 3 N–H and O–H groups in total. The summed E-state index contributed by atoms with van der Waals surface area (Å²) in [6, 6.07) is 18.4. The van der Waals surface area contributed by atoms with Crippen molar-refractivity contribution < 1.29 is 9.53 Å². The zero-order valence-corrected chi connectivity index (χ0v) is 20.1. The van der Waals surface area contributed by atoms with Crippen molar-refractivity contribution in [3.8, 4) is 0 Å². The molecule has 6 nitrogen and oxygen atoms in total. The van der Waals surface area contributed by atoms with Crippen LogP contribution in [0.15, 0.2) is 54.6 Å². The Morgan fingerprint density at radius 1 is 0.971 bits per heavy atom. The Morgan fingerprint density at radius 2 is 1.65 bits per heavy atom. The molecule has 6 heteroatoms. The van der Waals surface area contributed by atoms with E-state index in [1.165, 1.54) is 51.0 Å². The first-order chi connectivity index (χ1) is 16.6. The Bertz CT molecular complexity index is 925. The molecule has 2 aliphatic heterocycles. The highest BCUT2D eigenvalue weighted by Crippen LogP contribution is 2.49. The van der Waals surface area contributed by atoms with Gasteiger partial charge in [0.05, 0.1) is 0 Å². The van der Waals surface area contributed by atoms with Crippen LogP contribution in [0.2, 0.25) is 0 Å². The molecule has 3 aliphatic rings. The zero-order valence-electron chi connectivity index (χ0n) is 20.1. The third-order valence-corrected chi connectivity index (χ3v) is 8.20. The smallest absolute Gasteiger partial charge is 0.407 e. The molecule has 0 atom stereocenters. The summed E-state index contributed by atoms with van der Waals surface area (Å²) in [4.78, 5) is 17.3. The van der Waals surface area contributed by atoms with Crippen molar-refractivity contribution in [2.75, 3.05) is 43.4 Å². The summed E-state index contributed by atoms with van der Waals surface area (Å²) < 4.78 is 5.39. The first kappa shape index (κ1) is 23.0. The van der Waals surface area contributed by atoms with Crippen LogP contribution in [0.3, 0.4) is 0 Å². The Balaban J connectivity index is 0.977. The monoisotopic (exact) mass is 462 g/mol. The van der Waals surface area contributed by atoms with Crippen molar-refractivity contribution in [1.82, 2.24) is 10.2 Å². The summed E-state index contributed by atoms with van der Waals surface area (Å²) in [5.74, 6) is 0.800. The SMILES string of the molecule is Nc1ccc(N2CCC(CN3CCC4(CC3)CC(NC(=O)OCc3ccccc3)C4)CC2)cc1. The number of anilines is 2. The molecular weight excluding hydrogens is 424 g/mol. The summed E-state index contributed by atoms with van der Waals surface area (Å²) in [6.07, 6.45) is 6.96. The van der Waals surface area contributed by atoms with Gasteiger partial charge in [0.2, 0.25) is 0 Å². The minimum atomic E-state index is -0.286. The Labute approximate surface area is 203 Å². The maximum Gasteiger partial charge on any atom is 0.407 e. The third-order valence-electron chi connectivity index (χ3n) is 8.20. The number of alkyl carbamates (subject to hydrolysis) is 1. The third kappa shape index (κ3) is 5.66. The van der Waals surface area contributed by atoms with Crippen LogP contribution in [0.4, 0.5) is 16.2 Å². The molecule has 5 rings (SSSR count). The summed E-state index contributed by atoms with van der Waals surface area (Å²) in [5.41, 5.74) is 9.41. The maximum atomic E-state index is 12.1. The molecule has 182 valence electrons. The lowest BCUT2D eigenvalue weighted by molar-refractivity contribution is 0.000393. The number of benzene rings is 2. The highest BCUT2D eigenvalue weighted by molar-refractivity contribution is 5.67. The molecule has 0 unspecified atom stereocenters. The largest absolute Gasteiger partial charge is 0.445 e. The van der Waals surface area contributed by atoms with Gasteiger partial charge in [-0.25, -0.2) is 4.79 Å². The van der Waals surface area contributed by atoms with Gasteiger partial charge in [-0.2, -0.15) is 0 Å². The van der Waals surface area contributed by atoms with Crippen molar-refractivity contribution >= 4 is 17.5 Å². The number of carbonyl (C=O) groups excluding carboxylic acids is 1. The highest BCUT2D eigenvalue weighted by atomic mass is 16.5. The number of rotatable bonds is 6. The van der Waals surface area contributed by atoms with E-state index >= 15 is 0 Å². The van der Waals surface area contributed by atoms with Crippen molar-refractivity contribution in [3.05, 3.63) is 60.2 Å². The predicted octanol–water partition coefficient (Wildman–Crippen LogP) is 4.66. The predicted molar refractivity (Wildman–Crippen MR) is 137 cm³/mol. The minimum absolute atomic E-state index is 0.271. The molecule has 0 bridgehead atoms. The van der Waals surface area contributed by atoms with E-state index in [0.29, 0.717) is 12.0 Å². The lowest BCUT2D eigenvalue weighted by Gasteiger charge is -2.52. The van der Waals surface area contributed by atoms with E-state index in [4.69, 9.17) is 10.5 Å². The molecule has 2 saturated heterocycles. The van der Waals surface area contributed by atoms with Gasteiger partial charge >= 0.3 is 6.09 Å². The number of ether oxygens (including phenoxy) is 1. The van der Waals surface area contributed by atoms with E-state index in [-0.39, 0.29) is 12.1 Å². The first-order valence-electron chi connectivity index (χ1n) is 12.9. The molecule has 1 saturated carbocycles. The summed E-state index contributed by atoms with van der Waals surface area (Å²) in [7, 11) is 0. The fraction of sp³-hybridized carbons (Fsp3) is 0.536. The normalized spacial score (nSPS) is 21.2. The number of nitrogens with zero attached hydrogens (tertiary/aromatic N) is 2. The van der Waals surface area contributed by atoms with Gasteiger partial charge < -0.3 is 25.6 Å². The molecule has 1 amide bonds. The number of amides is 1. The van der Waals surface area contributed by atoms with Crippen LogP contribution in [0, 0.1) is 11.3 Å². The van der Waals surface area contributed by atoms with E-state index in [9.17, 15) is 4.79 Å². The molecule has 0 radical (unpaired) electrons. The van der Waals surface area contributed by atoms with Crippen LogP contribution < -0.4 is 16.0 Å². The molecule has 2 aromatic rings. The fourth-order valence-electron chi connectivity index (χ4n) is 6.06. The number of hydrogen-bond donors (Lipinski definition) is 2. The summed E-state index contributed by atoms with van der Waals surface area (Å²) in [5, 5.41) is 3.07. The number of nitrogens with two attached hydrogens (primary N) is 1. The van der Waals surface area contributed by atoms with Gasteiger partial charge in [-0.05, 0) is 92.8 Å². The second-order valence-electron chi connectivity index (χ2n) is 10.6. The van der Waals surface area contributed by atoms with Crippen LogP contribution in [0.1, 0.15) is 44.1 Å². The molecule has 1 aliphatic carbocycles. The van der Waals surface area contributed by atoms with Crippen LogP contribution in [0.5, 0.6) is 0 Å². The van der Waals surface area contributed by atoms with Crippen molar-refractivity contribution in [2.45, 2.75) is 51.2 Å². The number of carbonyl (C=O) groups is 1. The van der Waals surface area contributed by atoms with Gasteiger partial charge in [0, 0.05) is 37.1 Å². The van der Waals surface area contributed by atoms with Gasteiger partial charge in [0.25, 0.3) is 0 Å². The van der Waals surface area contributed by atoms with Crippen molar-refractivity contribution in [2.24, 2.45) is 11.3 Å². The average Bonchev–Trinajstić information content (AvgIpc) is 2.85. The summed E-state index contributed by atoms with van der Waals surface area (Å²) >= 11 is 0. The lowest BCUT2D eigenvalue weighted by atomic mass is 9.60. The quantitative estimate of drug-likeness (QED) is 0.611. The fourth-order valence-corrected chi connectivity index (χ4v) is 6.06. The topological polar surface area (TPSA) is 70.8 Å². The number of piperidine rings is 2. The Kier molecular flexibility index (Phi) is 6.95. The van der Waals surface area contributed by atoms with E-state index < -0.39 is 0 Å². The maximum absolute atomic E-state index is 12.1. The second kappa shape index (κ2) is 10.3. The van der Waals surface area contributed by atoms with Gasteiger partial charge in [0.15, 0.2) is 0 Å². The Hall–Kier alpha value is -2.73. The lowest BCUT2D eigenvalue weighted by Crippen LogP contribution is -2.55. The number of hydrogen-bond acceptors (Lipinski definition) is 5. The summed E-state index contributed by atoms with van der Waals surface area (Å²) in [6.45, 7) is 6.24. The van der Waals surface area contributed by atoms with Crippen molar-refractivity contribution in [1.29, 1.82) is 0 Å².